The van der Waals surface area contributed by atoms with Crippen molar-refractivity contribution in [2.24, 2.45) is 11.1 Å². The monoisotopic (exact) mass is 311 g/mol. The van der Waals surface area contributed by atoms with Crippen LogP contribution in [0.15, 0.2) is 5.38 Å². The molecule has 1 atom stereocenters. The lowest BCUT2D eigenvalue weighted by Crippen LogP contribution is -2.46. The summed E-state index contributed by atoms with van der Waals surface area (Å²) in [4.78, 5) is 29.7. The standard InChI is InChI=1S/C14H21N3O3S/c1-3-14(13(19)20)4-6-17(7-5-14)12(18)10-8-21-11(16-10)9(2)15/h8-9H,3-7,15H2,1-2H3,(H,19,20). The Morgan fingerprint density at radius 1 is 1.52 bits per heavy atom. The third-order valence-corrected chi connectivity index (χ3v) is 5.31. The molecule has 7 heteroatoms. The van der Waals surface area contributed by atoms with Gasteiger partial charge in [-0.2, -0.15) is 0 Å². The molecule has 116 valence electrons. The Morgan fingerprint density at radius 3 is 2.57 bits per heavy atom. The number of nitrogens with zero attached hydrogens (tertiary/aromatic N) is 2. The van der Waals surface area contributed by atoms with Gasteiger partial charge in [-0.15, -0.1) is 11.3 Å². The van der Waals surface area contributed by atoms with E-state index in [0.29, 0.717) is 38.0 Å². The van der Waals surface area contributed by atoms with Crippen molar-refractivity contribution in [3.63, 3.8) is 0 Å². The maximum atomic E-state index is 12.4. The third kappa shape index (κ3) is 3.08. The summed E-state index contributed by atoms with van der Waals surface area (Å²) in [5.74, 6) is -0.891. The molecule has 3 N–H and O–H groups in total. The molecule has 0 spiro atoms. The highest BCUT2D eigenvalue weighted by atomic mass is 32.1. The number of nitrogens with two attached hydrogens (primary N) is 1. The number of thiazole rings is 1. The van der Waals surface area contributed by atoms with Gasteiger partial charge in [0, 0.05) is 18.5 Å². The predicted octanol–water partition coefficient (Wildman–Crippen LogP) is 1.88. The molecule has 0 bridgehead atoms. The van der Waals surface area contributed by atoms with Crippen molar-refractivity contribution in [1.29, 1.82) is 0 Å². The molecule has 1 aliphatic heterocycles. The smallest absolute Gasteiger partial charge is 0.309 e. The van der Waals surface area contributed by atoms with E-state index in [-0.39, 0.29) is 11.9 Å². The Hall–Kier alpha value is -1.47. The number of hydrogen-bond donors (Lipinski definition) is 2. The summed E-state index contributed by atoms with van der Waals surface area (Å²) in [6.07, 6.45) is 1.58. The first-order valence-electron chi connectivity index (χ1n) is 7.13. The van der Waals surface area contributed by atoms with E-state index in [9.17, 15) is 14.7 Å². The van der Waals surface area contributed by atoms with E-state index in [0.717, 1.165) is 5.01 Å². The molecule has 0 aliphatic carbocycles. The molecular weight excluding hydrogens is 290 g/mol. The van der Waals surface area contributed by atoms with Gasteiger partial charge in [0.2, 0.25) is 0 Å². The molecule has 1 unspecified atom stereocenters. The number of amides is 1. The summed E-state index contributed by atoms with van der Waals surface area (Å²) in [5.41, 5.74) is 5.47. The van der Waals surface area contributed by atoms with Crippen molar-refractivity contribution in [3.8, 4) is 0 Å². The Balaban J connectivity index is 2.04. The van der Waals surface area contributed by atoms with Crippen molar-refractivity contribution in [1.82, 2.24) is 9.88 Å². The van der Waals surface area contributed by atoms with Crippen LogP contribution in [0.5, 0.6) is 0 Å². The molecule has 1 saturated heterocycles. The van der Waals surface area contributed by atoms with Gasteiger partial charge in [-0.1, -0.05) is 6.92 Å². The Morgan fingerprint density at radius 2 is 2.14 bits per heavy atom. The van der Waals surface area contributed by atoms with Crippen LogP contribution in [0.25, 0.3) is 0 Å². The van der Waals surface area contributed by atoms with Crippen LogP contribution in [0.4, 0.5) is 0 Å². The van der Waals surface area contributed by atoms with Gasteiger partial charge in [0.25, 0.3) is 5.91 Å². The van der Waals surface area contributed by atoms with Crippen LogP contribution >= 0.6 is 11.3 Å². The fourth-order valence-electron chi connectivity index (χ4n) is 2.61. The first-order valence-corrected chi connectivity index (χ1v) is 8.01. The zero-order valence-electron chi connectivity index (χ0n) is 12.3. The minimum atomic E-state index is -0.759. The number of carbonyl (C=O) groups excluding carboxylic acids is 1. The molecule has 1 aromatic heterocycles. The number of piperidine rings is 1. The molecule has 0 aromatic carbocycles. The first kappa shape index (κ1) is 15.9. The number of carboxylic acids is 1. The van der Waals surface area contributed by atoms with E-state index in [1.54, 1.807) is 10.3 Å². The minimum absolute atomic E-state index is 0.131. The van der Waals surface area contributed by atoms with E-state index < -0.39 is 11.4 Å². The number of carboxylic acid groups (broad SMARTS) is 1. The van der Waals surface area contributed by atoms with Crippen LogP contribution < -0.4 is 5.73 Å². The second-order valence-electron chi connectivity index (χ2n) is 5.59. The van der Waals surface area contributed by atoms with E-state index in [1.165, 1.54) is 11.3 Å². The predicted molar refractivity (Wildman–Crippen MR) is 80.2 cm³/mol. The SMILES string of the molecule is CCC1(C(=O)O)CCN(C(=O)c2csc(C(C)N)n2)CC1. The fraction of sp³-hybridized carbons (Fsp3) is 0.643. The van der Waals surface area contributed by atoms with E-state index in [1.807, 2.05) is 13.8 Å². The normalized spacial score (nSPS) is 19.3. The molecule has 21 heavy (non-hydrogen) atoms. The fourth-order valence-corrected chi connectivity index (χ4v) is 3.37. The second kappa shape index (κ2) is 6.11. The van der Waals surface area contributed by atoms with Gasteiger partial charge in [-0.3, -0.25) is 9.59 Å². The Kier molecular flexibility index (Phi) is 4.63. The number of hydrogen-bond acceptors (Lipinski definition) is 5. The van der Waals surface area contributed by atoms with Gasteiger partial charge in [-0.05, 0) is 26.2 Å². The molecule has 1 aromatic rings. The molecule has 6 nitrogen and oxygen atoms in total. The van der Waals surface area contributed by atoms with Crippen LogP contribution in [0.2, 0.25) is 0 Å². The molecule has 0 saturated carbocycles. The first-order chi connectivity index (χ1) is 9.89. The average molecular weight is 311 g/mol. The van der Waals surface area contributed by atoms with Crippen molar-refractivity contribution in [2.75, 3.05) is 13.1 Å². The van der Waals surface area contributed by atoms with E-state index in [2.05, 4.69) is 4.98 Å². The zero-order valence-corrected chi connectivity index (χ0v) is 13.2. The van der Waals surface area contributed by atoms with Gasteiger partial charge in [0.15, 0.2) is 0 Å². The van der Waals surface area contributed by atoms with E-state index in [4.69, 9.17) is 5.73 Å². The maximum Gasteiger partial charge on any atom is 0.309 e. The summed E-state index contributed by atoms with van der Waals surface area (Å²) in [6.45, 7) is 4.64. The topological polar surface area (TPSA) is 96.5 Å². The average Bonchev–Trinajstić information content (AvgIpc) is 2.96. The molecule has 1 fully saturated rings. The lowest BCUT2D eigenvalue weighted by Gasteiger charge is -2.38. The largest absolute Gasteiger partial charge is 0.481 e. The highest BCUT2D eigenvalue weighted by molar-refractivity contribution is 7.09. The van der Waals surface area contributed by atoms with Gasteiger partial charge in [-0.25, -0.2) is 4.98 Å². The quantitative estimate of drug-likeness (QED) is 0.885. The van der Waals surface area contributed by atoms with Crippen LogP contribution in [-0.2, 0) is 4.79 Å². The van der Waals surface area contributed by atoms with Gasteiger partial charge in [0.05, 0.1) is 11.5 Å². The van der Waals surface area contributed by atoms with Crippen LogP contribution in [0.3, 0.4) is 0 Å². The molecule has 2 rings (SSSR count). The molecule has 1 aliphatic rings. The Bertz CT molecular complexity index is 533. The number of aliphatic carboxylic acids is 1. The van der Waals surface area contributed by atoms with Crippen molar-refractivity contribution >= 4 is 23.2 Å². The highest BCUT2D eigenvalue weighted by Crippen LogP contribution is 2.35. The number of carbonyl (C=O) groups is 2. The minimum Gasteiger partial charge on any atom is -0.481 e. The van der Waals surface area contributed by atoms with Crippen LogP contribution in [0.1, 0.15) is 54.6 Å². The second-order valence-corrected chi connectivity index (χ2v) is 6.48. The van der Waals surface area contributed by atoms with Gasteiger partial charge < -0.3 is 15.7 Å². The van der Waals surface area contributed by atoms with Gasteiger partial charge >= 0.3 is 5.97 Å². The highest BCUT2D eigenvalue weighted by Gasteiger charge is 2.41. The summed E-state index contributed by atoms with van der Waals surface area (Å²) in [6, 6.07) is -0.183. The molecule has 1 amide bonds. The summed E-state index contributed by atoms with van der Waals surface area (Å²) in [5, 5.41) is 11.8. The van der Waals surface area contributed by atoms with Crippen molar-refractivity contribution < 1.29 is 14.7 Å². The molecule has 0 radical (unpaired) electrons. The number of aromatic nitrogens is 1. The number of rotatable bonds is 4. The lowest BCUT2D eigenvalue weighted by molar-refractivity contribution is -0.152. The van der Waals surface area contributed by atoms with Crippen LogP contribution in [-0.4, -0.2) is 40.0 Å². The van der Waals surface area contributed by atoms with E-state index >= 15 is 0 Å². The summed E-state index contributed by atoms with van der Waals surface area (Å²) < 4.78 is 0. The zero-order chi connectivity index (χ0) is 15.6. The molecular formula is C14H21N3O3S. The Labute approximate surface area is 128 Å². The third-order valence-electron chi connectivity index (χ3n) is 4.27. The van der Waals surface area contributed by atoms with Crippen molar-refractivity contribution in [3.05, 3.63) is 16.1 Å². The van der Waals surface area contributed by atoms with Crippen LogP contribution in [0, 0.1) is 5.41 Å². The molecule has 2 heterocycles. The maximum absolute atomic E-state index is 12.4. The summed E-state index contributed by atoms with van der Waals surface area (Å²) >= 11 is 1.38. The summed E-state index contributed by atoms with van der Waals surface area (Å²) in [7, 11) is 0. The van der Waals surface area contributed by atoms with Crippen molar-refractivity contribution in [2.45, 2.75) is 39.2 Å². The number of likely N-dealkylation sites (tertiary alicyclic amines) is 1. The van der Waals surface area contributed by atoms with Gasteiger partial charge in [0.1, 0.15) is 10.7 Å². The lowest BCUT2D eigenvalue weighted by atomic mass is 9.76.